The molecule has 9 nitrogen and oxygen atoms in total. The Labute approximate surface area is 212 Å². The zero-order chi connectivity index (χ0) is 25.9. The van der Waals surface area contributed by atoms with Crippen molar-refractivity contribution in [1.82, 2.24) is 24.3 Å². The summed E-state index contributed by atoms with van der Waals surface area (Å²) in [5.41, 5.74) is 3.19. The highest BCUT2D eigenvalue weighted by molar-refractivity contribution is 6.76. The first-order chi connectivity index (χ1) is 17.1. The monoisotopic (exact) mass is 506 g/mol. The zero-order valence-corrected chi connectivity index (χ0v) is 22.5. The van der Waals surface area contributed by atoms with Gasteiger partial charge < -0.3 is 14.4 Å². The molecule has 0 radical (unpaired) electrons. The molecule has 0 saturated heterocycles. The molecule has 0 aliphatic heterocycles. The minimum absolute atomic E-state index is 0.373. The Balaban J connectivity index is 1.57. The number of aromatic nitrogens is 5. The normalized spacial score (nSPS) is 12.7. The maximum atomic E-state index is 12.5. The number of pyridine rings is 1. The number of anilines is 1. The average molecular weight is 507 g/mol. The molecule has 190 valence electrons. The van der Waals surface area contributed by atoms with E-state index in [0.29, 0.717) is 31.4 Å². The molecule has 0 bridgehead atoms. The Bertz CT molecular complexity index is 1330. The van der Waals surface area contributed by atoms with Gasteiger partial charge in [0.25, 0.3) is 0 Å². The lowest BCUT2D eigenvalue weighted by atomic mass is 10.1. The van der Waals surface area contributed by atoms with E-state index in [1.54, 1.807) is 17.1 Å². The fourth-order valence-electron chi connectivity index (χ4n) is 4.19. The lowest BCUT2D eigenvalue weighted by Crippen LogP contribution is -2.34. The predicted octanol–water partition coefficient (Wildman–Crippen LogP) is 5.54. The Morgan fingerprint density at radius 2 is 2.00 bits per heavy atom. The van der Waals surface area contributed by atoms with E-state index in [-0.39, 0.29) is 0 Å². The van der Waals surface area contributed by atoms with Crippen LogP contribution in [0.15, 0.2) is 55.1 Å². The van der Waals surface area contributed by atoms with Gasteiger partial charge >= 0.3 is 6.09 Å². The van der Waals surface area contributed by atoms with Crippen LogP contribution in [0.4, 0.5) is 10.5 Å². The van der Waals surface area contributed by atoms with E-state index >= 15 is 0 Å². The molecule has 3 heterocycles. The van der Waals surface area contributed by atoms with E-state index in [0.717, 1.165) is 28.2 Å². The van der Waals surface area contributed by atoms with Gasteiger partial charge in [-0.3, -0.25) is 9.88 Å². The number of carbonyl (C=O) groups is 1. The summed E-state index contributed by atoms with van der Waals surface area (Å²) in [7, 11) is -1.15. The van der Waals surface area contributed by atoms with Gasteiger partial charge in [0.15, 0.2) is 0 Å². The summed E-state index contributed by atoms with van der Waals surface area (Å²) in [6.07, 6.45) is 6.15. The molecular formula is C26H34N6O3Si. The summed E-state index contributed by atoms with van der Waals surface area (Å²) < 4.78 is 9.56. The van der Waals surface area contributed by atoms with Gasteiger partial charge in [0.05, 0.1) is 23.8 Å². The van der Waals surface area contributed by atoms with Crippen molar-refractivity contribution in [1.29, 1.82) is 0 Å². The van der Waals surface area contributed by atoms with Gasteiger partial charge in [0.1, 0.15) is 12.6 Å². The van der Waals surface area contributed by atoms with Crippen molar-refractivity contribution < 1.29 is 14.6 Å². The second kappa shape index (κ2) is 10.6. The first kappa shape index (κ1) is 25.6. The van der Waals surface area contributed by atoms with Crippen LogP contribution < -0.4 is 4.90 Å². The van der Waals surface area contributed by atoms with Crippen molar-refractivity contribution in [3.63, 3.8) is 0 Å². The molecule has 3 aromatic heterocycles. The van der Waals surface area contributed by atoms with Crippen molar-refractivity contribution in [2.45, 2.75) is 58.9 Å². The molecule has 1 atom stereocenters. The molecule has 0 saturated carbocycles. The Morgan fingerprint density at radius 1 is 1.19 bits per heavy atom. The van der Waals surface area contributed by atoms with Crippen molar-refractivity contribution in [2.75, 3.05) is 11.5 Å². The molecule has 0 aliphatic carbocycles. The number of nitrogens with zero attached hydrogens (tertiary/aromatic N) is 6. The number of rotatable bonds is 10. The Morgan fingerprint density at radius 3 is 2.69 bits per heavy atom. The summed E-state index contributed by atoms with van der Waals surface area (Å²) in [6, 6.07) is 10.0. The number of hydrogen-bond donors (Lipinski definition) is 1. The van der Waals surface area contributed by atoms with E-state index in [1.807, 2.05) is 61.1 Å². The van der Waals surface area contributed by atoms with Crippen molar-refractivity contribution in [3.05, 3.63) is 72.2 Å². The molecule has 1 unspecified atom stereocenters. The number of aryl methyl sites for hydroxylation is 1. The van der Waals surface area contributed by atoms with Crippen molar-refractivity contribution >= 4 is 30.8 Å². The predicted molar refractivity (Wildman–Crippen MR) is 143 cm³/mol. The summed E-state index contributed by atoms with van der Waals surface area (Å²) in [5, 5.41) is 15.7. The first-order valence-corrected chi connectivity index (χ1v) is 15.8. The summed E-state index contributed by atoms with van der Waals surface area (Å²) >= 11 is 0. The van der Waals surface area contributed by atoms with Gasteiger partial charge in [-0.15, -0.1) is 0 Å². The SMILES string of the molecule is Cc1cc(N(C(=O)O)C(C)c2nccn2Cc2ccccn2)cc2cn(COCC[Si](C)(C)C)nc12. The first-order valence-electron chi connectivity index (χ1n) is 12.1. The highest BCUT2D eigenvalue weighted by Crippen LogP contribution is 2.31. The maximum absolute atomic E-state index is 12.5. The highest BCUT2D eigenvalue weighted by atomic mass is 28.3. The molecule has 1 amide bonds. The van der Waals surface area contributed by atoms with E-state index in [2.05, 4.69) is 34.7 Å². The molecule has 0 spiro atoms. The number of carboxylic acid groups (broad SMARTS) is 1. The Hall–Kier alpha value is -3.50. The fourth-order valence-corrected chi connectivity index (χ4v) is 4.94. The summed E-state index contributed by atoms with van der Waals surface area (Å²) in [6.45, 7) is 12.4. The third-order valence-corrected chi connectivity index (χ3v) is 7.81. The van der Waals surface area contributed by atoms with Crippen molar-refractivity contribution in [2.24, 2.45) is 0 Å². The zero-order valence-electron chi connectivity index (χ0n) is 21.5. The lowest BCUT2D eigenvalue weighted by Gasteiger charge is -2.27. The molecule has 10 heteroatoms. The third kappa shape index (κ3) is 6.00. The van der Waals surface area contributed by atoms with Crippen LogP contribution in [0.1, 0.15) is 30.0 Å². The molecule has 1 aromatic carbocycles. The largest absolute Gasteiger partial charge is 0.465 e. The number of benzene rings is 1. The fraction of sp³-hybridized carbons (Fsp3) is 0.385. The average Bonchev–Trinajstić information content (AvgIpc) is 3.44. The number of hydrogen-bond acceptors (Lipinski definition) is 5. The standard InChI is InChI=1S/C26H34N6O3Si/c1-19-14-23(15-21-16-31(29-24(19)21)18-35-12-13-36(3,4)5)32(26(33)34)20(2)25-28-10-11-30(25)17-22-8-6-7-9-27-22/h6-11,14-16,20H,12-13,17-18H2,1-5H3,(H,33,34). The van der Waals surface area contributed by atoms with Crippen molar-refractivity contribution in [3.8, 4) is 0 Å². The molecule has 0 aliphatic rings. The van der Waals surface area contributed by atoms with Gasteiger partial charge in [0, 0.05) is 50.5 Å². The van der Waals surface area contributed by atoms with E-state index < -0.39 is 20.2 Å². The summed E-state index contributed by atoms with van der Waals surface area (Å²) in [5.74, 6) is 0.646. The van der Waals surface area contributed by atoms with Gasteiger partial charge in [0.2, 0.25) is 0 Å². The lowest BCUT2D eigenvalue weighted by molar-refractivity contribution is 0.0791. The Kier molecular flexibility index (Phi) is 7.55. The number of imidazole rings is 1. The van der Waals surface area contributed by atoms with Crippen LogP contribution in [0.25, 0.3) is 10.9 Å². The van der Waals surface area contributed by atoms with Crippen LogP contribution in [0, 0.1) is 6.92 Å². The van der Waals surface area contributed by atoms with E-state index in [4.69, 9.17) is 4.74 Å². The number of fused-ring (bicyclic) bond motifs is 1. The van der Waals surface area contributed by atoms with Crippen LogP contribution in [-0.4, -0.2) is 50.2 Å². The quantitative estimate of drug-likeness (QED) is 0.224. The maximum Gasteiger partial charge on any atom is 0.412 e. The van der Waals surface area contributed by atoms with Gasteiger partial charge in [-0.1, -0.05) is 25.7 Å². The van der Waals surface area contributed by atoms with Crippen LogP contribution >= 0.6 is 0 Å². The van der Waals surface area contributed by atoms with Gasteiger partial charge in [-0.2, -0.15) is 5.10 Å². The molecule has 1 N–H and O–H groups in total. The van der Waals surface area contributed by atoms with Crippen LogP contribution in [0.3, 0.4) is 0 Å². The molecule has 0 fully saturated rings. The topological polar surface area (TPSA) is 98.3 Å². The molecular weight excluding hydrogens is 472 g/mol. The second-order valence-electron chi connectivity index (χ2n) is 10.3. The van der Waals surface area contributed by atoms with E-state index in [9.17, 15) is 9.90 Å². The third-order valence-electron chi connectivity index (χ3n) is 6.10. The van der Waals surface area contributed by atoms with Gasteiger partial charge in [-0.25, -0.2) is 14.5 Å². The second-order valence-corrected chi connectivity index (χ2v) is 15.9. The van der Waals surface area contributed by atoms with Crippen LogP contribution in [0.5, 0.6) is 0 Å². The minimum Gasteiger partial charge on any atom is -0.465 e. The minimum atomic E-state index is -1.15. The summed E-state index contributed by atoms with van der Waals surface area (Å²) in [4.78, 5) is 22.7. The van der Waals surface area contributed by atoms with Crippen LogP contribution in [0.2, 0.25) is 25.7 Å². The smallest absolute Gasteiger partial charge is 0.412 e. The highest BCUT2D eigenvalue weighted by Gasteiger charge is 2.27. The number of ether oxygens (including phenoxy) is 1. The molecule has 4 rings (SSSR count). The number of amides is 1. The molecule has 4 aromatic rings. The van der Waals surface area contributed by atoms with Crippen LogP contribution in [-0.2, 0) is 18.0 Å². The van der Waals surface area contributed by atoms with Gasteiger partial charge in [-0.05, 0) is 49.7 Å². The van der Waals surface area contributed by atoms with E-state index in [1.165, 1.54) is 4.90 Å². The molecule has 36 heavy (non-hydrogen) atoms.